The predicted molar refractivity (Wildman–Crippen MR) is 134 cm³/mol. The molecule has 1 aromatic carbocycles. The monoisotopic (exact) mass is 551 g/mol. The van der Waals surface area contributed by atoms with Crippen molar-refractivity contribution in [2.75, 3.05) is 18.1 Å². The molecule has 4 rings (SSSR count). The standard InChI is InChI=1S/C24H21ClF3N5O3S/c1-3-36-13-32-21(17-6-8-29-23-18(17)7-9-30-23)22-20(10-15(25)12-31-22)33-37(34,35)16-5-4-14(2)19(11-16)24(26,27)28/h4-12,33H,3,13H2,1-2H3,(H,29,30). The Kier molecular flexibility index (Phi) is 7.53. The Morgan fingerprint density at radius 3 is 2.70 bits per heavy atom. The van der Waals surface area contributed by atoms with Gasteiger partial charge in [0.15, 0.2) is 0 Å². The molecule has 37 heavy (non-hydrogen) atoms. The van der Waals surface area contributed by atoms with E-state index in [1.54, 1.807) is 31.5 Å². The van der Waals surface area contributed by atoms with Crippen molar-refractivity contribution in [3.05, 3.63) is 82.4 Å². The summed E-state index contributed by atoms with van der Waals surface area (Å²) in [6, 6.07) is 7.56. The Balaban J connectivity index is 1.84. The summed E-state index contributed by atoms with van der Waals surface area (Å²) in [7, 11) is -4.48. The molecule has 0 amide bonds. The number of aliphatic imine (C=N–C) groups is 1. The lowest BCUT2D eigenvalue weighted by molar-refractivity contribution is -0.138. The second kappa shape index (κ2) is 10.5. The first-order chi connectivity index (χ1) is 17.5. The van der Waals surface area contributed by atoms with Gasteiger partial charge in [-0.1, -0.05) is 17.7 Å². The maximum atomic E-state index is 13.4. The van der Waals surface area contributed by atoms with Crippen LogP contribution in [0.15, 0.2) is 64.9 Å². The van der Waals surface area contributed by atoms with Crippen LogP contribution in [0.25, 0.3) is 11.0 Å². The number of hydrogen-bond acceptors (Lipinski definition) is 6. The number of aromatic nitrogens is 3. The van der Waals surface area contributed by atoms with E-state index >= 15 is 0 Å². The molecule has 0 spiro atoms. The molecule has 13 heteroatoms. The van der Waals surface area contributed by atoms with Gasteiger partial charge in [0, 0.05) is 36.1 Å². The van der Waals surface area contributed by atoms with Gasteiger partial charge in [0.05, 0.1) is 26.9 Å². The molecule has 2 N–H and O–H groups in total. The lowest BCUT2D eigenvalue weighted by Crippen LogP contribution is -2.19. The van der Waals surface area contributed by atoms with Crippen molar-refractivity contribution in [2.24, 2.45) is 4.99 Å². The number of aryl methyl sites for hydroxylation is 1. The van der Waals surface area contributed by atoms with Gasteiger partial charge in [0.25, 0.3) is 10.0 Å². The van der Waals surface area contributed by atoms with Gasteiger partial charge in [-0.05, 0) is 49.7 Å². The number of fused-ring (bicyclic) bond motifs is 1. The average Bonchev–Trinajstić information content (AvgIpc) is 3.31. The van der Waals surface area contributed by atoms with Gasteiger partial charge in [-0.2, -0.15) is 13.2 Å². The Bertz CT molecular complexity index is 1590. The molecule has 3 aromatic heterocycles. The SMILES string of the molecule is CCOCN=C(c1ncc(Cl)cc1NS(=O)(=O)c1ccc(C)c(C(F)(F)F)c1)c1ccnc2[nH]ccc12. The van der Waals surface area contributed by atoms with E-state index in [4.69, 9.17) is 16.3 Å². The van der Waals surface area contributed by atoms with Crippen LogP contribution in [0.1, 0.15) is 29.3 Å². The van der Waals surface area contributed by atoms with Gasteiger partial charge in [0.2, 0.25) is 0 Å². The summed E-state index contributed by atoms with van der Waals surface area (Å²) in [4.78, 5) is 15.5. The number of pyridine rings is 2. The maximum Gasteiger partial charge on any atom is 0.416 e. The van der Waals surface area contributed by atoms with E-state index in [0.29, 0.717) is 29.3 Å². The van der Waals surface area contributed by atoms with Gasteiger partial charge in [0.1, 0.15) is 18.1 Å². The molecule has 3 heterocycles. The van der Waals surface area contributed by atoms with Gasteiger partial charge in [-0.3, -0.25) is 14.7 Å². The number of hydrogen-bond donors (Lipinski definition) is 2. The lowest BCUT2D eigenvalue weighted by atomic mass is 10.0. The highest BCUT2D eigenvalue weighted by atomic mass is 35.5. The molecule has 0 saturated carbocycles. The van der Waals surface area contributed by atoms with Crippen LogP contribution in [-0.4, -0.2) is 42.4 Å². The Morgan fingerprint density at radius 1 is 1.19 bits per heavy atom. The molecule has 4 aromatic rings. The first-order valence-corrected chi connectivity index (χ1v) is 12.8. The minimum absolute atomic E-state index is 0.0521. The van der Waals surface area contributed by atoms with E-state index < -0.39 is 26.7 Å². The van der Waals surface area contributed by atoms with Gasteiger partial charge in [-0.25, -0.2) is 13.4 Å². The largest absolute Gasteiger partial charge is 0.416 e. The third kappa shape index (κ3) is 5.76. The lowest BCUT2D eigenvalue weighted by Gasteiger charge is -2.16. The van der Waals surface area contributed by atoms with E-state index in [1.807, 2.05) is 0 Å². The number of alkyl halides is 3. The second-order valence-corrected chi connectivity index (χ2v) is 9.98. The molecule has 0 aliphatic carbocycles. The molecule has 8 nitrogen and oxygen atoms in total. The van der Waals surface area contributed by atoms with Gasteiger partial charge >= 0.3 is 6.18 Å². The van der Waals surface area contributed by atoms with Crippen molar-refractivity contribution < 1.29 is 26.3 Å². The minimum Gasteiger partial charge on any atom is -0.360 e. The van der Waals surface area contributed by atoms with Crippen LogP contribution >= 0.6 is 11.6 Å². The summed E-state index contributed by atoms with van der Waals surface area (Å²) >= 11 is 6.13. The summed E-state index contributed by atoms with van der Waals surface area (Å²) in [5.41, 5.74) is 0.296. The summed E-state index contributed by atoms with van der Waals surface area (Å²) < 4.78 is 74.4. The molecular weight excluding hydrogens is 531 g/mol. The van der Waals surface area contributed by atoms with Crippen LogP contribution < -0.4 is 4.72 Å². The molecule has 0 unspecified atom stereocenters. The molecule has 0 aliphatic heterocycles. The van der Waals surface area contributed by atoms with Gasteiger partial charge < -0.3 is 9.72 Å². The topological polar surface area (TPSA) is 109 Å². The highest BCUT2D eigenvalue weighted by Crippen LogP contribution is 2.34. The Labute approximate surface area is 215 Å². The first-order valence-electron chi connectivity index (χ1n) is 10.9. The van der Waals surface area contributed by atoms with Crippen molar-refractivity contribution in [1.29, 1.82) is 0 Å². The van der Waals surface area contributed by atoms with Gasteiger partial charge in [-0.15, -0.1) is 0 Å². The molecule has 0 radical (unpaired) electrons. The van der Waals surface area contributed by atoms with E-state index in [-0.39, 0.29) is 34.4 Å². The highest BCUT2D eigenvalue weighted by Gasteiger charge is 2.34. The fraction of sp³-hybridized carbons (Fsp3) is 0.208. The number of aromatic amines is 1. The molecular formula is C24H21ClF3N5O3S. The summed E-state index contributed by atoms with van der Waals surface area (Å²) in [6.07, 6.45) is -0.167. The smallest absolute Gasteiger partial charge is 0.360 e. The van der Waals surface area contributed by atoms with Crippen molar-refractivity contribution in [1.82, 2.24) is 15.0 Å². The van der Waals surface area contributed by atoms with E-state index in [0.717, 1.165) is 12.1 Å². The number of ether oxygens (including phenoxy) is 1. The van der Waals surface area contributed by atoms with Crippen LogP contribution in [0.2, 0.25) is 5.02 Å². The average molecular weight is 552 g/mol. The number of rotatable bonds is 8. The number of sulfonamides is 1. The summed E-state index contributed by atoms with van der Waals surface area (Å²) in [5.74, 6) is 0. The van der Waals surface area contributed by atoms with E-state index in [2.05, 4.69) is 24.7 Å². The first kappa shape index (κ1) is 26.6. The number of halogens is 4. The maximum absolute atomic E-state index is 13.4. The fourth-order valence-electron chi connectivity index (χ4n) is 3.64. The number of benzene rings is 1. The normalized spacial score (nSPS) is 12.8. The van der Waals surface area contributed by atoms with E-state index in [9.17, 15) is 21.6 Å². The zero-order valence-electron chi connectivity index (χ0n) is 19.6. The molecule has 0 fully saturated rings. The number of nitrogens with zero attached hydrogens (tertiary/aromatic N) is 3. The fourth-order valence-corrected chi connectivity index (χ4v) is 4.88. The predicted octanol–water partition coefficient (Wildman–Crippen LogP) is 5.57. The van der Waals surface area contributed by atoms with Crippen LogP contribution in [0, 0.1) is 6.92 Å². The number of H-pyrrole nitrogens is 1. The summed E-state index contributed by atoms with van der Waals surface area (Å²) in [5, 5.41) is 0.795. The quantitative estimate of drug-likeness (QED) is 0.220. The van der Waals surface area contributed by atoms with Crippen LogP contribution in [0.4, 0.5) is 18.9 Å². The Hall–Kier alpha value is -3.48. The van der Waals surface area contributed by atoms with Crippen LogP contribution in [-0.2, 0) is 20.9 Å². The molecule has 0 atom stereocenters. The highest BCUT2D eigenvalue weighted by molar-refractivity contribution is 7.92. The molecule has 0 saturated heterocycles. The van der Waals surface area contributed by atoms with Crippen molar-refractivity contribution in [3.8, 4) is 0 Å². The third-order valence-corrected chi connectivity index (χ3v) is 6.95. The third-order valence-electron chi connectivity index (χ3n) is 5.38. The molecule has 0 bridgehead atoms. The minimum atomic E-state index is -4.72. The molecule has 194 valence electrons. The van der Waals surface area contributed by atoms with Crippen molar-refractivity contribution >= 4 is 44.1 Å². The molecule has 0 aliphatic rings. The summed E-state index contributed by atoms with van der Waals surface area (Å²) in [6.45, 7) is 3.38. The van der Waals surface area contributed by atoms with Crippen molar-refractivity contribution in [3.63, 3.8) is 0 Å². The Morgan fingerprint density at radius 2 is 1.97 bits per heavy atom. The van der Waals surface area contributed by atoms with E-state index in [1.165, 1.54) is 19.2 Å². The van der Waals surface area contributed by atoms with Crippen molar-refractivity contribution in [2.45, 2.75) is 24.9 Å². The second-order valence-electron chi connectivity index (χ2n) is 7.86. The van der Waals surface area contributed by atoms with Crippen LogP contribution in [0.3, 0.4) is 0 Å². The zero-order chi connectivity index (χ0) is 26.8. The number of anilines is 1. The zero-order valence-corrected chi connectivity index (χ0v) is 21.2. The number of nitrogens with one attached hydrogen (secondary N) is 2. The van der Waals surface area contributed by atoms with Crippen LogP contribution in [0.5, 0.6) is 0 Å².